The van der Waals surface area contributed by atoms with Crippen molar-refractivity contribution >= 4 is 17.9 Å². The fourth-order valence-corrected chi connectivity index (χ4v) is 2.31. The van der Waals surface area contributed by atoms with E-state index < -0.39 is 23.5 Å². The number of benzene rings is 1. The minimum absolute atomic E-state index is 0.162. The number of hydrogen-bond acceptors (Lipinski definition) is 5. The van der Waals surface area contributed by atoms with Crippen molar-refractivity contribution in [2.24, 2.45) is 5.92 Å². The summed E-state index contributed by atoms with van der Waals surface area (Å²) in [6.07, 6.45) is 2.91. The zero-order chi connectivity index (χ0) is 19.9. The third kappa shape index (κ3) is 6.50. The summed E-state index contributed by atoms with van der Waals surface area (Å²) in [5, 5.41) is 8.41. The van der Waals surface area contributed by atoms with Crippen LogP contribution < -0.4 is 0 Å². The Morgan fingerprint density at radius 1 is 1.31 bits per heavy atom. The van der Waals surface area contributed by atoms with Crippen molar-refractivity contribution in [1.82, 2.24) is 0 Å². The van der Waals surface area contributed by atoms with Crippen molar-refractivity contribution in [3.8, 4) is 0 Å². The van der Waals surface area contributed by atoms with Gasteiger partial charge in [-0.1, -0.05) is 38.8 Å². The van der Waals surface area contributed by atoms with E-state index in [4.69, 9.17) is 14.6 Å². The number of carboxylic acid groups (broad SMARTS) is 1. The molecule has 1 aromatic carbocycles. The maximum atomic E-state index is 11.9. The van der Waals surface area contributed by atoms with E-state index in [1.54, 1.807) is 45.9 Å². The van der Waals surface area contributed by atoms with Crippen LogP contribution in [0.15, 0.2) is 18.2 Å². The number of carbonyl (C=O) groups is 3. The lowest BCUT2D eigenvalue weighted by Crippen LogP contribution is -2.25. The molecule has 0 amide bonds. The first-order valence-corrected chi connectivity index (χ1v) is 8.82. The molecule has 1 unspecified atom stereocenters. The average Bonchev–Trinajstić information content (AvgIpc) is 2.93. The van der Waals surface area contributed by atoms with Crippen molar-refractivity contribution < 1.29 is 29.0 Å². The number of hydrogen-bond donors (Lipinski definition) is 1. The van der Waals surface area contributed by atoms with Crippen LogP contribution in [0, 0.1) is 5.92 Å². The van der Waals surface area contributed by atoms with Crippen molar-refractivity contribution in [2.45, 2.75) is 66.1 Å². The van der Waals surface area contributed by atoms with Crippen molar-refractivity contribution in [3.05, 3.63) is 34.9 Å². The van der Waals surface area contributed by atoms with Crippen molar-refractivity contribution in [2.75, 3.05) is 0 Å². The number of carboxylic acids is 1. The molecule has 1 aromatic rings. The minimum atomic E-state index is -0.677. The van der Waals surface area contributed by atoms with Crippen LogP contribution in [0.2, 0.25) is 0 Å². The number of esters is 2. The minimum Gasteiger partial charge on any atom is -0.481 e. The van der Waals surface area contributed by atoms with E-state index in [1.807, 2.05) is 0 Å². The quantitative estimate of drug-likeness (QED) is 0.787. The normalized spacial score (nSPS) is 13.8. The molecule has 6 nitrogen and oxygen atoms in total. The molecule has 2 rings (SSSR count). The van der Waals surface area contributed by atoms with Gasteiger partial charge in [-0.2, -0.15) is 0 Å². The van der Waals surface area contributed by atoms with E-state index in [9.17, 15) is 14.4 Å². The van der Waals surface area contributed by atoms with E-state index in [0.717, 1.165) is 24.8 Å². The van der Waals surface area contributed by atoms with E-state index in [1.165, 1.54) is 0 Å². The Labute approximate surface area is 154 Å². The van der Waals surface area contributed by atoms with Crippen LogP contribution >= 0.6 is 0 Å². The van der Waals surface area contributed by atoms with Crippen LogP contribution in [0.25, 0.3) is 0 Å². The van der Waals surface area contributed by atoms with Crippen LogP contribution in [0.3, 0.4) is 0 Å². The number of carbonyl (C=O) groups excluding carboxylic acids is 2. The van der Waals surface area contributed by atoms with Gasteiger partial charge in [-0.05, 0) is 33.3 Å². The van der Waals surface area contributed by atoms with Crippen LogP contribution in [0.4, 0.5) is 0 Å². The molecule has 0 saturated heterocycles. The molecule has 0 bridgehead atoms. The second kappa shape index (κ2) is 9.36. The van der Waals surface area contributed by atoms with Gasteiger partial charge in [0, 0.05) is 5.56 Å². The average molecular weight is 364 g/mol. The first-order valence-electron chi connectivity index (χ1n) is 8.82. The second-order valence-electron chi connectivity index (χ2n) is 7.30. The van der Waals surface area contributed by atoms with Gasteiger partial charge in [0.05, 0.1) is 17.0 Å². The molecule has 0 aromatic heterocycles. The summed E-state index contributed by atoms with van der Waals surface area (Å²) in [5.74, 6) is -1.79. The molecule has 0 fully saturated rings. The van der Waals surface area contributed by atoms with Crippen molar-refractivity contribution in [3.63, 3.8) is 0 Å². The molecule has 144 valence electrons. The number of aliphatic carboxylic acids is 1. The molecule has 26 heavy (non-hydrogen) atoms. The summed E-state index contributed by atoms with van der Waals surface area (Å²) in [4.78, 5) is 33.7. The lowest BCUT2D eigenvalue weighted by Gasteiger charge is -2.19. The molecule has 1 heterocycles. The first kappa shape index (κ1) is 21.7. The van der Waals surface area contributed by atoms with Gasteiger partial charge >= 0.3 is 17.9 Å². The molecule has 1 N–H and O–H groups in total. The third-order valence-electron chi connectivity index (χ3n) is 3.74. The predicted molar refractivity (Wildman–Crippen MR) is 97.1 cm³/mol. The zero-order valence-corrected chi connectivity index (χ0v) is 16.1. The maximum absolute atomic E-state index is 11.9. The Hall–Kier alpha value is -2.37. The third-order valence-corrected chi connectivity index (χ3v) is 3.74. The molecular weight excluding hydrogens is 336 g/mol. The van der Waals surface area contributed by atoms with Gasteiger partial charge in [0.2, 0.25) is 0 Å². The summed E-state index contributed by atoms with van der Waals surface area (Å²) in [5.41, 5.74) is 0.766. The molecule has 0 spiro atoms. The summed E-state index contributed by atoms with van der Waals surface area (Å²) in [6, 6.07) is 5.08. The SMILES string of the molecule is CC(C)(C)OC(=O)c1cccc2c1C(=O)OC2.CCCCC(C)C(=O)O. The lowest BCUT2D eigenvalue weighted by molar-refractivity contribution is -0.141. The van der Waals surface area contributed by atoms with Gasteiger partial charge < -0.3 is 14.6 Å². The largest absolute Gasteiger partial charge is 0.481 e. The summed E-state index contributed by atoms with van der Waals surface area (Å²) < 4.78 is 10.1. The van der Waals surface area contributed by atoms with Crippen LogP contribution in [-0.2, 0) is 20.9 Å². The number of ether oxygens (including phenoxy) is 2. The molecule has 6 heteroatoms. The molecule has 1 aliphatic heterocycles. The fourth-order valence-electron chi connectivity index (χ4n) is 2.31. The highest BCUT2D eigenvalue weighted by Crippen LogP contribution is 2.25. The van der Waals surface area contributed by atoms with Gasteiger partial charge in [-0.3, -0.25) is 4.79 Å². The van der Waals surface area contributed by atoms with Gasteiger partial charge in [-0.25, -0.2) is 9.59 Å². The Morgan fingerprint density at radius 2 is 1.96 bits per heavy atom. The Balaban J connectivity index is 0.000000321. The van der Waals surface area contributed by atoms with E-state index in [0.29, 0.717) is 5.56 Å². The van der Waals surface area contributed by atoms with Gasteiger partial charge in [0.1, 0.15) is 12.2 Å². The topological polar surface area (TPSA) is 89.9 Å². The van der Waals surface area contributed by atoms with Crippen LogP contribution in [0.5, 0.6) is 0 Å². The van der Waals surface area contributed by atoms with Gasteiger partial charge in [0.15, 0.2) is 0 Å². The molecule has 0 aliphatic carbocycles. The van der Waals surface area contributed by atoms with E-state index in [-0.39, 0.29) is 18.1 Å². The van der Waals surface area contributed by atoms with Crippen LogP contribution in [-0.4, -0.2) is 28.6 Å². The second-order valence-corrected chi connectivity index (χ2v) is 7.30. The van der Waals surface area contributed by atoms with E-state index in [2.05, 4.69) is 6.92 Å². The zero-order valence-electron chi connectivity index (χ0n) is 16.1. The molecule has 0 saturated carbocycles. The standard InChI is InChI=1S/C13H14O4.C7H14O2/c1-13(2,3)17-11(14)9-6-4-5-8-7-16-12(15)10(8)9;1-3-4-5-6(2)7(8)9/h4-6H,7H2,1-3H3;6H,3-5H2,1-2H3,(H,8,9). The van der Waals surface area contributed by atoms with Gasteiger partial charge in [0.25, 0.3) is 0 Å². The molecule has 1 atom stereocenters. The van der Waals surface area contributed by atoms with Gasteiger partial charge in [-0.15, -0.1) is 0 Å². The lowest BCUT2D eigenvalue weighted by atomic mass is 10.0. The van der Waals surface area contributed by atoms with E-state index >= 15 is 0 Å². The van der Waals surface area contributed by atoms with Crippen LogP contribution in [0.1, 0.15) is 80.2 Å². The number of fused-ring (bicyclic) bond motifs is 1. The monoisotopic (exact) mass is 364 g/mol. The highest BCUT2D eigenvalue weighted by Gasteiger charge is 2.29. The fraction of sp³-hybridized carbons (Fsp3) is 0.550. The first-order chi connectivity index (χ1) is 12.1. The smallest absolute Gasteiger partial charge is 0.339 e. The molecule has 0 radical (unpaired) electrons. The maximum Gasteiger partial charge on any atom is 0.339 e. The molecular formula is C20H28O6. The number of cyclic esters (lactones) is 1. The highest BCUT2D eigenvalue weighted by molar-refractivity contribution is 6.05. The summed E-state index contributed by atoms with van der Waals surface area (Å²) in [7, 11) is 0. The molecule has 1 aliphatic rings. The number of rotatable bonds is 5. The predicted octanol–water partition coefficient (Wildman–Crippen LogP) is 4.21. The highest BCUT2D eigenvalue weighted by atomic mass is 16.6. The Morgan fingerprint density at radius 3 is 2.50 bits per heavy atom. The Kier molecular flexibility index (Phi) is 7.80. The number of unbranched alkanes of at least 4 members (excludes halogenated alkanes) is 1. The summed E-state index contributed by atoms with van der Waals surface area (Å²) >= 11 is 0. The Bertz CT molecular complexity index is 657. The van der Waals surface area contributed by atoms with Crippen molar-refractivity contribution in [1.29, 1.82) is 0 Å². The summed E-state index contributed by atoms with van der Waals surface area (Å²) in [6.45, 7) is 9.39.